The number of nitrogen functional groups attached to an aromatic ring is 1. The summed E-state index contributed by atoms with van der Waals surface area (Å²) in [7, 11) is 0. The van der Waals surface area contributed by atoms with Gasteiger partial charge < -0.3 is 5.73 Å². The minimum Gasteiger partial charge on any atom is -0.398 e. The number of nitrogens with two attached hydrogens (primary N) is 1. The van der Waals surface area contributed by atoms with Gasteiger partial charge in [-0.25, -0.2) is 0 Å². The van der Waals surface area contributed by atoms with Crippen LogP contribution >= 0.6 is 12.4 Å². The van der Waals surface area contributed by atoms with E-state index in [9.17, 15) is 0 Å². The number of halogens is 1. The van der Waals surface area contributed by atoms with Crippen LogP contribution in [0.2, 0.25) is 0 Å². The van der Waals surface area contributed by atoms with Gasteiger partial charge in [-0.2, -0.15) is 0 Å². The summed E-state index contributed by atoms with van der Waals surface area (Å²) in [5, 5.41) is 0. The highest BCUT2D eigenvalue weighted by molar-refractivity contribution is 6.01. The molecule has 3 aromatic carbocycles. The van der Waals surface area contributed by atoms with E-state index in [1.54, 1.807) is 0 Å². The summed E-state index contributed by atoms with van der Waals surface area (Å²) in [6.45, 7) is 0. The maximum atomic E-state index is 6.00. The highest BCUT2D eigenvalue weighted by Gasteiger charge is 2.21. The predicted octanol–water partition coefficient (Wildman–Crippen LogP) is 5.82. The predicted molar refractivity (Wildman–Crippen MR) is 106 cm³/mol. The summed E-state index contributed by atoms with van der Waals surface area (Å²) in [6.07, 6.45) is 6.32. The Balaban J connectivity index is 0.00000169. The number of fused-ring (bicyclic) bond motifs is 3. The summed E-state index contributed by atoms with van der Waals surface area (Å²) < 4.78 is 0. The Bertz CT molecular complexity index is 890. The van der Waals surface area contributed by atoms with Gasteiger partial charge in [-0.15, -0.1) is 12.4 Å². The zero-order valence-electron chi connectivity index (χ0n) is 13.1. The molecule has 3 aromatic rings. The molecule has 0 saturated carbocycles. The third-order valence-electron chi connectivity index (χ3n) is 4.26. The minimum absolute atomic E-state index is 0. The van der Waals surface area contributed by atoms with Gasteiger partial charge in [0.1, 0.15) is 0 Å². The molecule has 0 aliphatic heterocycles. The van der Waals surface area contributed by atoms with Gasteiger partial charge in [0.15, 0.2) is 0 Å². The third kappa shape index (κ3) is 2.75. The molecule has 2 heteroatoms. The van der Waals surface area contributed by atoms with E-state index < -0.39 is 0 Å². The first-order valence-corrected chi connectivity index (χ1v) is 7.76. The maximum Gasteiger partial charge on any atom is 0.0387 e. The molecule has 0 atom stereocenters. The van der Waals surface area contributed by atoms with Crippen LogP contribution in [0.1, 0.15) is 16.7 Å². The van der Waals surface area contributed by atoms with Crippen molar-refractivity contribution >= 4 is 29.7 Å². The Hall–Kier alpha value is -2.77. The van der Waals surface area contributed by atoms with Crippen LogP contribution in [0.25, 0.3) is 22.8 Å². The molecule has 0 saturated heterocycles. The van der Waals surface area contributed by atoms with Crippen molar-refractivity contribution in [2.45, 2.75) is 0 Å². The Morgan fingerprint density at radius 3 is 1.71 bits per heavy atom. The topological polar surface area (TPSA) is 26.0 Å². The molecule has 2 N–H and O–H groups in total. The number of para-hydroxylation sites is 1. The van der Waals surface area contributed by atoms with Gasteiger partial charge in [-0.1, -0.05) is 85.0 Å². The first-order chi connectivity index (χ1) is 11.3. The summed E-state index contributed by atoms with van der Waals surface area (Å²) in [6, 6.07) is 25.0. The zero-order chi connectivity index (χ0) is 15.6. The number of hydrogen-bond acceptors (Lipinski definition) is 1. The third-order valence-corrected chi connectivity index (χ3v) is 4.26. The van der Waals surface area contributed by atoms with Gasteiger partial charge in [0, 0.05) is 5.69 Å². The molecule has 0 fully saturated rings. The van der Waals surface area contributed by atoms with Crippen LogP contribution in [0, 0.1) is 0 Å². The number of anilines is 1. The van der Waals surface area contributed by atoms with Crippen LogP contribution in [0.15, 0.2) is 84.9 Å². The maximum absolute atomic E-state index is 6.00. The molecule has 0 radical (unpaired) electrons. The van der Waals surface area contributed by atoms with E-state index in [1.807, 2.05) is 24.3 Å². The highest BCUT2D eigenvalue weighted by atomic mass is 35.5. The number of benzene rings is 3. The summed E-state index contributed by atoms with van der Waals surface area (Å²) in [5.41, 5.74) is 14.3. The summed E-state index contributed by atoms with van der Waals surface area (Å²) in [5.74, 6) is 0. The molecule has 0 heterocycles. The molecule has 0 amide bonds. The number of allylic oxidation sites excluding steroid dienone is 2. The van der Waals surface area contributed by atoms with E-state index in [-0.39, 0.29) is 12.4 Å². The monoisotopic (exact) mass is 331 g/mol. The lowest BCUT2D eigenvalue weighted by molar-refractivity contribution is 1.63. The fourth-order valence-electron chi connectivity index (χ4n) is 3.14. The molecular weight excluding hydrogens is 314 g/mol. The van der Waals surface area contributed by atoms with Crippen molar-refractivity contribution < 1.29 is 0 Å². The fraction of sp³-hybridized carbons (Fsp3) is 0. The largest absolute Gasteiger partial charge is 0.398 e. The number of hydrogen-bond donors (Lipinski definition) is 1. The van der Waals surface area contributed by atoms with Gasteiger partial charge in [0.25, 0.3) is 0 Å². The van der Waals surface area contributed by atoms with E-state index in [4.69, 9.17) is 5.73 Å². The van der Waals surface area contributed by atoms with Crippen LogP contribution in [-0.4, -0.2) is 0 Å². The molecule has 1 aliphatic rings. The van der Waals surface area contributed by atoms with Crippen LogP contribution in [0.4, 0.5) is 5.69 Å². The Labute approximate surface area is 148 Å². The van der Waals surface area contributed by atoms with Crippen LogP contribution < -0.4 is 5.73 Å². The Kier molecular flexibility index (Phi) is 4.54. The lowest BCUT2D eigenvalue weighted by Gasteiger charge is -2.01. The van der Waals surface area contributed by atoms with Gasteiger partial charge in [-0.05, 0) is 39.5 Å². The first-order valence-electron chi connectivity index (χ1n) is 7.76. The van der Waals surface area contributed by atoms with Crippen molar-refractivity contribution in [2.24, 2.45) is 0 Å². The zero-order valence-corrected chi connectivity index (χ0v) is 14.0. The van der Waals surface area contributed by atoms with Crippen molar-refractivity contribution in [1.29, 1.82) is 0 Å². The molecule has 1 nitrogen and oxygen atoms in total. The van der Waals surface area contributed by atoms with E-state index in [2.05, 4.69) is 66.8 Å². The molecule has 0 unspecified atom stereocenters. The van der Waals surface area contributed by atoms with Crippen molar-refractivity contribution in [3.8, 4) is 11.1 Å². The van der Waals surface area contributed by atoms with Crippen molar-refractivity contribution in [3.05, 3.63) is 102 Å². The molecule has 0 spiro atoms. The van der Waals surface area contributed by atoms with Crippen LogP contribution in [-0.2, 0) is 0 Å². The molecule has 0 bridgehead atoms. The SMILES string of the molecule is Cl.Nc1ccccc1/C=C/C=C1c2ccccc2-c2ccccc21. The van der Waals surface area contributed by atoms with Gasteiger partial charge in [-0.3, -0.25) is 0 Å². The van der Waals surface area contributed by atoms with E-state index in [1.165, 1.54) is 27.8 Å². The second-order valence-corrected chi connectivity index (χ2v) is 5.66. The highest BCUT2D eigenvalue weighted by Crippen LogP contribution is 2.43. The van der Waals surface area contributed by atoms with Crippen LogP contribution in [0.5, 0.6) is 0 Å². The van der Waals surface area contributed by atoms with Crippen molar-refractivity contribution in [3.63, 3.8) is 0 Å². The van der Waals surface area contributed by atoms with E-state index in [0.717, 1.165) is 11.3 Å². The fourth-order valence-corrected chi connectivity index (χ4v) is 3.14. The Morgan fingerprint density at radius 1 is 0.625 bits per heavy atom. The smallest absolute Gasteiger partial charge is 0.0387 e. The van der Waals surface area contributed by atoms with Gasteiger partial charge in [0.05, 0.1) is 0 Å². The summed E-state index contributed by atoms with van der Waals surface area (Å²) in [4.78, 5) is 0. The van der Waals surface area contributed by atoms with E-state index in [0.29, 0.717) is 0 Å². The van der Waals surface area contributed by atoms with Gasteiger partial charge >= 0.3 is 0 Å². The normalized spacial score (nSPS) is 11.8. The first kappa shape index (κ1) is 16.1. The average Bonchev–Trinajstić information content (AvgIpc) is 2.91. The molecular formula is C22H18ClN. The second kappa shape index (κ2) is 6.77. The lowest BCUT2D eigenvalue weighted by Crippen LogP contribution is -1.87. The lowest BCUT2D eigenvalue weighted by atomic mass is 10.0. The molecule has 0 aromatic heterocycles. The quantitative estimate of drug-likeness (QED) is 0.460. The Morgan fingerprint density at radius 2 is 1.12 bits per heavy atom. The van der Waals surface area contributed by atoms with Crippen molar-refractivity contribution in [1.82, 2.24) is 0 Å². The number of rotatable bonds is 2. The average molecular weight is 332 g/mol. The second-order valence-electron chi connectivity index (χ2n) is 5.66. The molecule has 1 aliphatic carbocycles. The molecule has 118 valence electrons. The molecule has 4 rings (SSSR count). The minimum atomic E-state index is 0. The van der Waals surface area contributed by atoms with E-state index >= 15 is 0 Å². The summed E-state index contributed by atoms with van der Waals surface area (Å²) >= 11 is 0. The van der Waals surface area contributed by atoms with Crippen molar-refractivity contribution in [2.75, 3.05) is 5.73 Å². The van der Waals surface area contributed by atoms with Gasteiger partial charge in [0.2, 0.25) is 0 Å². The standard InChI is InChI=1S/C22H17N.ClH/c23-22-15-6-1-8-16(22)9-7-14-21-19-12-4-2-10-17(19)18-11-3-5-13-20(18)21;/h1-15H,23H2;1H/b9-7+;. The van der Waals surface area contributed by atoms with Crippen LogP contribution in [0.3, 0.4) is 0 Å². The molecule has 24 heavy (non-hydrogen) atoms.